The Labute approximate surface area is 129 Å². The van der Waals surface area contributed by atoms with Crippen molar-refractivity contribution in [3.05, 3.63) is 35.9 Å². The highest BCUT2D eigenvalue weighted by molar-refractivity contribution is 14.1. The second-order valence-electron chi connectivity index (χ2n) is 5.14. The van der Waals surface area contributed by atoms with Crippen molar-refractivity contribution in [1.29, 1.82) is 0 Å². The van der Waals surface area contributed by atoms with Gasteiger partial charge in [-0.15, -0.1) is 0 Å². The first kappa shape index (κ1) is 14.8. The normalized spacial score (nSPS) is 23.5. The molecule has 0 bridgehead atoms. The molecule has 1 aliphatic rings. The molecule has 1 aromatic carbocycles. The fourth-order valence-corrected chi connectivity index (χ4v) is 2.68. The predicted octanol–water partition coefficient (Wildman–Crippen LogP) is 3.77. The van der Waals surface area contributed by atoms with Crippen molar-refractivity contribution in [3.63, 3.8) is 0 Å². The topological polar surface area (TPSA) is 18.5 Å². The van der Waals surface area contributed by atoms with Crippen molar-refractivity contribution < 1.29 is 9.47 Å². The molecule has 0 N–H and O–H groups in total. The molecule has 0 saturated carbocycles. The molecule has 2 atom stereocenters. The summed E-state index contributed by atoms with van der Waals surface area (Å²) in [5, 5.41) is 0. The molecule has 1 heterocycles. The molecule has 1 saturated heterocycles. The molecule has 1 aliphatic heterocycles. The highest BCUT2D eigenvalue weighted by Gasteiger charge is 2.29. The van der Waals surface area contributed by atoms with Gasteiger partial charge in [0.2, 0.25) is 0 Å². The Hall–Kier alpha value is -0.570. The average Bonchev–Trinajstić information content (AvgIpc) is 2.40. The monoisotopic (exact) mass is 370 g/mol. The maximum absolute atomic E-state index is 6.01. The van der Waals surface area contributed by atoms with E-state index >= 15 is 0 Å². The van der Waals surface area contributed by atoms with E-state index < -0.39 is 5.60 Å². The molecule has 0 unspecified atom stereocenters. The molecule has 19 heavy (non-hydrogen) atoms. The first-order valence-corrected chi connectivity index (χ1v) is 7.83. The lowest BCUT2D eigenvalue weighted by Gasteiger charge is -2.32. The molecule has 2 rings (SSSR count). The molecular weight excluding hydrogens is 351 g/mol. The fraction of sp³-hybridized carbons (Fsp3) is 0.500. The van der Waals surface area contributed by atoms with Crippen LogP contribution in [-0.2, 0) is 9.47 Å². The third-order valence-corrected chi connectivity index (χ3v) is 4.10. The first-order chi connectivity index (χ1) is 9.07. The molecular formula is C16H19IO2. The van der Waals surface area contributed by atoms with Gasteiger partial charge < -0.3 is 9.47 Å². The van der Waals surface area contributed by atoms with E-state index in [1.807, 2.05) is 44.2 Å². The van der Waals surface area contributed by atoms with Gasteiger partial charge >= 0.3 is 0 Å². The van der Waals surface area contributed by atoms with Gasteiger partial charge in [-0.1, -0.05) is 52.6 Å². The Morgan fingerprint density at radius 1 is 1.32 bits per heavy atom. The van der Waals surface area contributed by atoms with Gasteiger partial charge in [0.1, 0.15) is 5.60 Å². The van der Waals surface area contributed by atoms with Crippen LogP contribution >= 0.6 is 22.6 Å². The van der Waals surface area contributed by atoms with Crippen molar-refractivity contribution in [1.82, 2.24) is 0 Å². The van der Waals surface area contributed by atoms with Gasteiger partial charge in [0.15, 0.2) is 6.29 Å². The second kappa shape index (κ2) is 6.74. The summed E-state index contributed by atoms with van der Waals surface area (Å²) in [7, 11) is 0. The van der Waals surface area contributed by atoms with Crippen LogP contribution in [0.5, 0.6) is 0 Å². The molecule has 0 aliphatic carbocycles. The molecule has 1 fully saturated rings. The highest BCUT2D eigenvalue weighted by Crippen LogP contribution is 2.26. The maximum Gasteiger partial charge on any atom is 0.171 e. The van der Waals surface area contributed by atoms with Crippen LogP contribution in [0.1, 0.15) is 32.3 Å². The largest absolute Gasteiger partial charge is 0.351 e. The van der Waals surface area contributed by atoms with Gasteiger partial charge in [0, 0.05) is 12.2 Å². The van der Waals surface area contributed by atoms with E-state index in [9.17, 15) is 0 Å². The van der Waals surface area contributed by atoms with Crippen LogP contribution in [-0.4, -0.2) is 22.4 Å². The average molecular weight is 370 g/mol. The Kier molecular flexibility index (Phi) is 5.26. The summed E-state index contributed by atoms with van der Waals surface area (Å²) in [5.41, 5.74) is 0.510. The molecule has 0 spiro atoms. The van der Waals surface area contributed by atoms with Crippen molar-refractivity contribution in [2.24, 2.45) is 0 Å². The minimum absolute atomic E-state index is 0.144. The van der Waals surface area contributed by atoms with Crippen molar-refractivity contribution >= 4 is 22.6 Å². The van der Waals surface area contributed by atoms with Gasteiger partial charge in [-0.05, 0) is 38.8 Å². The van der Waals surface area contributed by atoms with Gasteiger partial charge in [0.25, 0.3) is 0 Å². The van der Waals surface area contributed by atoms with E-state index in [1.54, 1.807) is 0 Å². The van der Waals surface area contributed by atoms with E-state index in [0.29, 0.717) is 3.92 Å². The summed E-state index contributed by atoms with van der Waals surface area (Å²) in [6, 6.07) is 9.97. The zero-order chi connectivity index (χ0) is 13.7. The molecule has 0 amide bonds. The summed E-state index contributed by atoms with van der Waals surface area (Å²) >= 11 is 2.40. The second-order valence-corrected chi connectivity index (χ2v) is 6.74. The van der Waals surface area contributed by atoms with Gasteiger partial charge in [-0.3, -0.25) is 0 Å². The molecule has 1 aromatic rings. The van der Waals surface area contributed by atoms with Gasteiger partial charge in [-0.2, -0.15) is 0 Å². The molecule has 3 heteroatoms. The summed E-state index contributed by atoms with van der Waals surface area (Å²) in [6.07, 6.45) is 2.12. The van der Waals surface area contributed by atoms with Crippen molar-refractivity contribution in [2.75, 3.05) is 6.61 Å². The number of hydrogen-bond donors (Lipinski definition) is 0. The van der Waals surface area contributed by atoms with Crippen molar-refractivity contribution in [3.8, 4) is 11.8 Å². The molecule has 2 nitrogen and oxygen atoms in total. The third-order valence-electron chi connectivity index (χ3n) is 2.89. The number of alkyl halides is 1. The highest BCUT2D eigenvalue weighted by atomic mass is 127. The van der Waals surface area contributed by atoms with E-state index in [0.717, 1.165) is 25.0 Å². The standard InChI is InChI=1S/C16H19IO2/c1-16(2,11-10-13-7-4-3-5-8-13)19-15-14(17)9-6-12-18-15/h3-5,7-8,14-15H,6,9,12H2,1-2H3/t14-,15+/m0/s1. The zero-order valence-electron chi connectivity index (χ0n) is 11.4. The van der Waals surface area contributed by atoms with Gasteiger partial charge in [0.05, 0.1) is 3.92 Å². The number of halogens is 1. The minimum Gasteiger partial charge on any atom is -0.351 e. The lowest BCUT2D eigenvalue weighted by molar-refractivity contribution is -0.192. The quantitative estimate of drug-likeness (QED) is 0.448. The SMILES string of the molecule is CC(C)(C#Cc1ccccc1)O[C@H]1OCCC[C@@H]1I. The van der Waals surface area contributed by atoms with E-state index in [4.69, 9.17) is 9.47 Å². The Bertz CT molecular complexity index is 459. The number of rotatable bonds is 2. The lowest BCUT2D eigenvalue weighted by atomic mass is 10.1. The van der Waals surface area contributed by atoms with Crippen LogP contribution in [0.25, 0.3) is 0 Å². The smallest absolute Gasteiger partial charge is 0.171 e. The van der Waals surface area contributed by atoms with E-state index in [2.05, 4.69) is 34.4 Å². The van der Waals surface area contributed by atoms with Crippen LogP contribution in [0.4, 0.5) is 0 Å². The summed E-state index contributed by atoms with van der Waals surface area (Å²) < 4.78 is 12.1. The van der Waals surface area contributed by atoms with E-state index in [1.165, 1.54) is 0 Å². The Morgan fingerprint density at radius 3 is 2.74 bits per heavy atom. The number of benzene rings is 1. The fourth-order valence-electron chi connectivity index (χ4n) is 1.89. The van der Waals surface area contributed by atoms with Crippen LogP contribution in [0.15, 0.2) is 30.3 Å². The van der Waals surface area contributed by atoms with Crippen LogP contribution in [0, 0.1) is 11.8 Å². The third kappa shape index (κ3) is 4.79. The summed E-state index contributed by atoms with van der Waals surface area (Å²) in [6.45, 7) is 4.76. The summed E-state index contributed by atoms with van der Waals surface area (Å²) in [5.74, 6) is 6.34. The first-order valence-electron chi connectivity index (χ1n) is 6.58. The van der Waals surface area contributed by atoms with Crippen molar-refractivity contribution in [2.45, 2.75) is 42.5 Å². The Balaban J connectivity index is 2.00. The predicted molar refractivity (Wildman–Crippen MR) is 85.3 cm³/mol. The van der Waals surface area contributed by atoms with Crippen LogP contribution in [0.3, 0.4) is 0 Å². The maximum atomic E-state index is 6.01. The molecule has 0 radical (unpaired) electrons. The summed E-state index contributed by atoms with van der Waals surface area (Å²) in [4.78, 5) is 0. The number of ether oxygens (including phenoxy) is 2. The van der Waals surface area contributed by atoms with Gasteiger partial charge in [-0.25, -0.2) is 0 Å². The Morgan fingerprint density at radius 2 is 2.05 bits per heavy atom. The minimum atomic E-state index is -0.499. The molecule has 0 aromatic heterocycles. The lowest BCUT2D eigenvalue weighted by Crippen LogP contribution is -2.39. The van der Waals surface area contributed by atoms with E-state index in [-0.39, 0.29) is 6.29 Å². The molecule has 102 valence electrons. The number of hydrogen-bond acceptors (Lipinski definition) is 2. The van der Waals surface area contributed by atoms with Crippen LogP contribution in [0.2, 0.25) is 0 Å². The van der Waals surface area contributed by atoms with Crippen LogP contribution < -0.4 is 0 Å². The zero-order valence-corrected chi connectivity index (χ0v) is 13.5.